The Hall–Kier alpha value is -2.33. The van der Waals surface area contributed by atoms with Crippen molar-refractivity contribution in [3.63, 3.8) is 0 Å². The number of hydrogen-bond acceptors (Lipinski definition) is 2. The van der Waals surface area contributed by atoms with Crippen molar-refractivity contribution in [3.8, 4) is 0 Å². The summed E-state index contributed by atoms with van der Waals surface area (Å²) in [6.45, 7) is 0.552. The highest BCUT2D eigenvalue weighted by Crippen LogP contribution is 2.41. The second-order valence-electron chi connectivity index (χ2n) is 7.10. The van der Waals surface area contributed by atoms with Crippen molar-refractivity contribution < 1.29 is 9.59 Å². The molecule has 1 N–H and O–H groups in total. The first kappa shape index (κ1) is 17.1. The Balaban J connectivity index is 1.49. The van der Waals surface area contributed by atoms with E-state index < -0.39 is 5.92 Å². The molecule has 1 saturated carbocycles. The number of hydrogen-bond donors (Lipinski definition) is 1. The maximum absolute atomic E-state index is 12.9. The fourth-order valence-electron chi connectivity index (χ4n) is 3.90. The smallest absolute Gasteiger partial charge is 0.239 e. The maximum Gasteiger partial charge on any atom is 0.239 e. The van der Waals surface area contributed by atoms with E-state index in [9.17, 15) is 9.59 Å². The molecule has 1 saturated heterocycles. The number of rotatable bonds is 4. The highest BCUT2D eigenvalue weighted by molar-refractivity contribution is 6.30. The predicted octanol–water partition coefficient (Wildman–Crippen LogP) is 3.89. The van der Waals surface area contributed by atoms with E-state index in [2.05, 4.69) is 17.4 Å². The van der Waals surface area contributed by atoms with E-state index in [-0.39, 0.29) is 17.4 Å². The van der Waals surface area contributed by atoms with Gasteiger partial charge in [0.15, 0.2) is 0 Å². The molecule has 0 radical (unpaired) electrons. The molecule has 134 valence electrons. The number of nitrogens with one attached hydrogen (secondary N) is 1. The number of nitrogens with zero attached hydrogens (tertiary/aromatic N) is 1. The van der Waals surface area contributed by atoms with E-state index in [0.29, 0.717) is 18.0 Å². The second kappa shape index (κ2) is 6.76. The molecular weight excluding hydrogens is 348 g/mol. The van der Waals surface area contributed by atoms with Gasteiger partial charge in [-0.2, -0.15) is 0 Å². The van der Waals surface area contributed by atoms with Gasteiger partial charge in [-0.05, 0) is 55.5 Å². The first-order valence-corrected chi connectivity index (χ1v) is 9.41. The van der Waals surface area contributed by atoms with Crippen molar-refractivity contribution in [2.75, 3.05) is 11.4 Å². The Kier molecular flexibility index (Phi) is 4.45. The number of amides is 2. The van der Waals surface area contributed by atoms with Gasteiger partial charge in [0, 0.05) is 17.3 Å². The lowest BCUT2D eigenvalue weighted by atomic mass is 9.71. The zero-order chi connectivity index (χ0) is 18.1. The van der Waals surface area contributed by atoms with Crippen LogP contribution in [-0.2, 0) is 15.1 Å². The molecule has 0 bridgehead atoms. The number of halogens is 1. The lowest BCUT2D eigenvalue weighted by Gasteiger charge is -2.43. The number of benzene rings is 2. The summed E-state index contributed by atoms with van der Waals surface area (Å²) in [5, 5.41) is 3.82. The minimum Gasteiger partial charge on any atom is -0.346 e. The third kappa shape index (κ3) is 2.99. The Bertz CT molecular complexity index is 816. The Morgan fingerprint density at radius 3 is 2.38 bits per heavy atom. The molecule has 1 atom stereocenters. The van der Waals surface area contributed by atoms with Gasteiger partial charge < -0.3 is 10.2 Å². The quantitative estimate of drug-likeness (QED) is 0.832. The Morgan fingerprint density at radius 1 is 1.08 bits per heavy atom. The molecule has 1 unspecified atom stereocenters. The van der Waals surface area contributed by atoms with Gasteiger partial charge in [-0.15, -0.1) is 0 Å². The van der Waals surface area contributed by atoms with Crippen molar-refractivity contribution in [2.45, 2.75) is 31.2 Å². The van der Waals surface area contributed by atoms with E-state index in [1.165, 1.54) is 0 Å². The molecule has 4 rings (SSSR count). The van der Waals surface area contributed by atoms with E-state index in [1.54, 1.807) is 17.0 Å². The zero-order valence-corrected chi connectivity index (χ0v) is 15.2. The zero-order valence-electron chi connectivity index (χ0n) is 14.5. The minimum atomic E-state index is -0.619. The van der Waals surface area contributed by atoms with Crippen LogP contribution in [0.4, 0.5) is 5.69 Å². The SMILES string of the molecule is O=C(NC1(c2ccccc2)CCC1)C1CCN(c2ccc(Cl)cc2)C1=O. The van der Waals surface area contributed by atoms with Gasteiger partial charge in [-0.1, -0.05) is 41.9 Å². The lowest BCUT2D eigenvalue weighted by Crippen LogP contribution is -2.53. The largest absolute Gasteiger partial charge is 0.346 e. The third-order valence-corrected chi connectivity index (χ3v) is 5.81. The van der Waals surface area contributed by atoms with Crippen LogP contribution in [0.15, 0.2) is 54.6 Å². The summed E-state index contributed by atoms with van der Waals surface area (Å²) >= 11 is 5.92. The monoisotopic (exact) mass is 368 g/mol. The third-order valence-electron chi connectivity index (χ3n) is 5.56. The molecule has 0 aromatic heterocycles. The molecule has 26 heavy (non-hydrogen) atoms. The highest BCUT2D eigenvalue weighted by Gasteiger charge is 2.44. The summed E-state index contributed by atoms with van der Waals surface area (Å²) in [4.78, 5) is 27.4. The molecule has 1 heterocycles. The molecule has 5 heteroatoms. The molecule has 2 aromatic rings. The number of carbonyl (C=O) groups is 2. The number of carbonyl (C=O) groups excluding carboxylic acids is 2. The summed E-state index contributed by atoms with van der Waals surface area (Å²) in [5.41, 5.74) is 1.60. The van der Waals surface area contributed by atoms with Crippen LogP contribution in [-0.4, -0.2) is 18.4 Å². The highest BCUT2D eigenvalue weighted by atomic mass is 35.5. The first-order valence-electron chi connectivity index (χ1n) is 9.04. The summed E-state index contributed by atoms with van der Waals surface area (Å²) < 4.78 is 0. The molecule has 2 aromatic carbocycles. The van der Waals surface area contributed by atoms with Crippen molar-refractivity contribution in [2.24, 2.45) is 5.92 Å². The van der Waals surface area contributed by atoms with Crippen molar-refractivity contribution >= 4 is 29.1 Å². The summed E-state index contributed by atoms with van der Waals surface area (Å²) in [5.74, 6) is -0.908. The molecule has 1 aliphatic carbocycles. The van der Waals surface area contributed by atoms with Gasteiger partial charge in [0.05, 0.1) is 5.54 Å². The van der Waals surface area contributed by atoms with Crippen LogP contribution < -0.4 is 10.2 Å². The lowest BCUT2D eigenvalue weighted by molar-refractivity contribution is -0.134. The summed E-state index contributed by atoms with van der Waals surface area (Å²) in [6, 6.07) is 17.2. The predicted molar refractivity (Wildman–Crippen MR) is 102 cm³/mol. The van der Waals surface area contributed by atoms with E-state index in [4.69, 9.17) is 11.6 Å². The van der Waals surface area contributed by atoms with E-state index >= 15 is 0 Å². The fourth-order valence-corrected chi connectivity index (χ4v) is 4.02. The Labute approximate surface area is 158 Å². The second-order valence-corrected chi connectivity index (χ2v) is 7.53. The molecule has 4 nitrogen and oxygen atoms in total. The molecule has 1 aliphatic heterocycles. The van der Waals surface area contributed by atoms with Crippen molar-refractivity contribution in [1.29, 1.82) is 0 Å². The average Bonchev–Trinajstić information content (AvgIpc) is 3.01. The van der Waals surface area contributed by atoms with Crippen molar-refractivity contribution in [1.82, 2.24) is 5.32 Å². The molecule has 0 spiro atoms. The molecule has 2 amide bonds. The van der Waals surface area contributed by atoms with Gasteiger partial charge in [-0.25, -0.2) is 0 Å². The molecule has 2 aliphatic rings. The van der Waals surface area contributed by atoms with Gasteiger partial charge in [0.2, 0.25) is 11.8 Å². The molecular formula is C21H21ClN2O2. The minimum absolute atomic E-state index is 0.132. The van der Waals surface area contributed by atoms with Crippen LogP contribution in [0.2, 0.25) is 5.02 Å². The fraction of sp³-hybridized carbons (Fsp3) is 0.333. The maximum atomic E-state index is 12.9. The van der Waals surface area contributed by atoms with Crippen LogP contribution in [0.25, 0.3) is 0 Å². The normalized spacial score (nSPS) is 21.3. The summed E-state index contributed by atoms with van der Waals surface area (Å²) in [7, 11) is 0. The van der Waals surface area contributed by atoms with Gasteiger partial charge >= 0.3 is 0 Å². The average molecular weight is 369 g/mol. The van der Waals surface area contributed by atoms with Crippen molar-refractivity contribution in [3.05, 3.63) is 65.2 Å². The van der Waals surface area contributed by atoms with Gasteiger partial charge in [-0.3, -0.25) is 9.59 Å². The Morgan fingerprint density at radius 2 is 1.77 bits per heavy atom. The van der Waals surface area contributed by atoms with Crippen LogP contribution in [0.5, 0.6) is 0 Å². The summed E-state index contributed by atoms with van der Waals surface area (Å²) in [6.07, 6.45) is 3.47. The standard InChI is InChI=1S/C21H21ClN2O2/c22-16-7-9-17(10-8-16)24-14-11-18(20(24)26)19(25)23-21(12-4-13-21)15-5-2-1-3-6-15/h1-3,5-10,18H,4,11-14H2,(H,23,25). The molecule has 2 fully saturated rings. The van der Waals surface area contributed by atoms with E-state index in [0.717, 1.165) is 30.5 Å². The first-order chi connectivity index (χ1) is 12.6. The van der Waals surface area contributed by atoms with E-state index in [1.807, 2.05) is 30.3 Å². The topological polar surface area (TPSA) is 49.4 Å². The van der Waals surface area contributed by atoms with Gasteiger partial charge in [0.1, 0.15) is 5.92 Å². The van der Waals surface area contributed by atoms with Crippen LogP contribution in [0.3, 0.4) is 0 Å². The van der Waals surface area contributed by atoms with Crippen LogP contribution in [0, 0.1) is 5.92 Å². The van der Waals surface area contributed by atoms with Crippen LogP contribution in [0.1, 0.15) is 31.2 Å². The van der Waals surface area contributed by atoms with Gasteiger partial charge in [0.25, 0.3) is 0 Å². The number of anilines is 1. The van der Waals surface area contributed by atoms with Crippen LogP contribution >= 0.6 is 11.6 Å².